The highest BCUT2D eigenvalue weighted by atomic mass is 16.1. The number of hydrogen-bond acceptors (Lipinski definition) is 2. The molecule has 0 aromatic heterocycles. The summed E-state index contributed by atoms with van der Waals surface area (Å²) in [5, 5.41) is 3.53. The molecule has 1 heterocycles. The van der Waals surface area contributed by atoms with Crippen LogP contribution in [0.25, 0.3) is 0 Å². The SMILES string of the molecule is CC(C)CCC(=O)N[C@H]1C[C@@H](C)[C@H]2[C@@H]3CC[C@H]4N(C)CCC[C@]4(C)[C@H]3CC[C@@]21C. The monoisotopic (exact) mass is 402 g/mol. The van der Waals surface area contributed by atoms with Crippen molar-refractivity contribution in [3.63, 3.8) is 0 Å². The smallest absolute Gasteiger partial charge is 0.220 e. The van der Waals surface area contributed by atoms with Crippen molar-refractivity contribution in [1.29, 1.82) is 0 Å². The Morgan fingerprint density at radius 1 is 1.14 bits per heavy atom. The summed E-state index contributed by atoms with van der Waals surface area (Å²) < 4.78 is 0. The number of hydrogen-bond donors (Lipinski definition) is 1. The van der Waals surface area contributed by atoms with Crippen LogP contribution in [0.2, 0.25) is 0 Å². The third kappa shape index (κ3) is 3.58. The van der Waals surface area contributed by atoms with E-state index in [0.29, 0.717) is 35.1 Å². The maximum Gasteiger partial charge on any atom is 0.220 e. The first-order chi connectivity index (χ1) is 13.7. The molecule has 3 saturated carbocycles. The van der Waals surface area contributed by atoms with Crippen molar-refractivity contribution >= 4 is 5.91 Å². The fourth-order valence-electron chi connectivity index (χ4n) is 8.83. The molecule has 0 bridgehead atoms. The van der Waals surface area contributed by atoms with E-state index in [1.807, 2.05) is 0 Å². The second-order valence-corrected chi connectivity index (χ2v) is 12.3. The number of likely N-dealkylation sites (tertiary alicyclic amines) is 1. The van der Waals surface area contributed by atoms with Crippen LogP contribution in [0.3, 0.4) is 0 Å². The molecule has 3 heteroatoms. The molecule has 0 aromatic rings. The summed E-state index contributed by atoms with van der Waals surface area (Å²) in [5.41, 5.74) is 0.813. The Bertz CT molecular complexity index is 618. The number of fused-ring (bicyclic) bond motifs is 5. The Labute approximate surface area is 179 Å². The van der Waals surface area contributed by atoms with Crippen LogP contribution in [-0.4, -0.2) is 36.5 Å². The number of piperidine rings is 1. The normalized spacial score (nSPS) is 47.4. The number of nitrogens with zero attached hydrogens (tertiary/aromatic N) is 1. The van der Waals surface area contributed by atoms with Crippen LogP contribution in [0.1, 0.15) is 92.4 Å². The predicted octanol–water partition coefficient (Wildman–Crippen LogP) is 5.49. The predicted molar refractivity (Wildman–Crippen MR) is 121 cm³/mol. The van der Waals surface area contributed by atoms with Gasteiger partial charge in [-0.1, -0.05) is 34.6 Å². The molecule has 1 amide bonds. The van der Waals surface area contributed by atoms with E-state index in [1.165, 1.54) is 51.5 Å². The van der Waals surface area contributed by atoms with E-state index in [1.54, 1.807) is 0 Å². The van der Waals surface area contributed by atoms with Crippen molar-refractivity contribution in [2.24, 2.45) is 40.4 Å². The highest BCUT2D eigenvalue weighted by Crippen LogP contribution is 2.65. The second-order valence-electron chi connectivity index (χ2n) is 12.3. The summed E-state index contributed by atoms with van der Waals surface area (Å²) >= 11 is 0. The number of amides is 1. The molecule has 0 spiro atoms. The molecule has 166 valence electrons. The fraction of sp³-hybridized carbons (Fsp3) is 0.962. The lowest BCUT2D eigenvalue weighted by Crippen LogP contribution is -2.61. The summed E-state index contributed by atoms with van der Waals surface area (Å²) in [6.45, 7) is 13.4. The van der Waals surface area contributed by atoms with E-state index in [4.69, 9.17) is 0 Å². The molecule has 1 aliphatic heterocycles. The third-order valence-electron chi connectivity index (χ3n) is 10.2. The van der Waals surface area contributed by atoms with Crippen LogP contribution in [0.4, 0.5) is 0 Å². The van der Waals surface area contributed by atoms with Crippen molar-refractivity contribution in [2.45, 2.75) is 104 Å². The van der Waals surface area contributed by atoms with Gasteiger partial charge in [0.15, 0.2) is 0 Å². The van der Waals surface area contributed by atoms with Crippen LogP contribution in [0.15, 0.2) is 0 Å². The van der Waals surface area contributed by atoms with Crippen LogP contribution in [0.5, 0.6) is 0 Å². The van der Waals surface area contributed by atoms with Crippen LogP contribution < -0.4 is 5.32 Å². The summed E-state index contributed by atoms with van der Waals surface area (Å²) in [4.78, 5) is 15.4. The van der Waals surface area contributed by atoms with Gasteiger partial charge in [0.1, 0.15) is 0 Å². The summed E-state index contributed by atoms with van der Waals surface area (Å²) in [6.07, 6.45) is 11.2. The molecule has 0 unspecified atom stereocenters. The van der Waals surface area contributed by atoms with Gasteiger partial charge in [-0.3, -0.25) is 4.79 Å². The van der Waals surface area contributed by atoms with Crippen molar-refractivity contribution in [1.82, 2.24) is 10.2 Å². The zero-order valence-corrected chi connectivity index (χ0v) is 20.0. The first kappa shape index (κ1) is 21.7. The number of rotatable bonds is 4. The topological polar surface area (TPSA) is 32.3 Å². The average Bonchev–Trinajstić information content (AvgIpc) is 2.90. The quantitative estimate of drug-likeness (QED) is 0.674. The molecule has 4 fully saturated rings. The first-order valence-corrected chi connectivity index (χ1v) is 12.7. The van der Waals surface area contributed by atoms with E-state index in [-0.39, 0.29) is 0 Å². The zero-order valence-electron chi connectivity index (χ0n) is 20.0. The minimum absolute atomic E-state index is 0.296. The molecule has 0 radical (unpaired) electrons. The van der Waals surface area contributed by atoms with Gasteiger partial charge in [0, 0.05) is 18.5 Å². The van der Waals surface area contributed by atoms with Gasteiger partial charge in [-0.25, -0.2) is 0 Å². The molecule has 29 heavy (non-hydrogen) atoms. The van der Waals surface area contributed by atoms with Gasteiger partial charge in [0.05, 0.1) is 0 Å². The van der Waals surface area contributed by atoms with Gasteiger partial charge >= 0.3 is 0 Å². The Balaban J connectivity index is 1.51. The lowest BCUT2D eigenvalue weighted by Gasteiger charge is -2.62. The Kier molecular flexibility index (Phi) is 5.86. The van der Waals surface area contributed by atoms with E-state index < -0.39 is 0 Å². The lowest BCUT2D eigenvalue weighted by molar-refractivity contribution is -0.131. The third-order valence-corrected chi connectivity index (χ3v) is 10.2. The summed E-state index contributed by atoms with van der Waals surface area (Å²) in [6, 6.07) is 1.19. The molecule has 1 N–H and O–H groups in total. The van der Waals surface area contributed by atoms with Crippen molar-refractivity contribution < 1.29 is 4.79 Å². The molecule has 8 atom stereocenters. The van der Waals surface area contributed by atoms with Crippen molar-refractivity contribution in [3.05, 3.63) is 0 Å². The average molecular weight is 403 g/mol. The first-order valence-electron chi connectivity index (χ1n) is 12.7. The standard InChI is InChI=1S/C26H46N2O/c1-17(2)8-11-23(29)27-21-16-18(3)24-19-9-10-22-25(4,13-7-15-28(22)6)20(19)12-14-26(21,24)5/h17-22,24H,7-16H2,1-6H3,(H,27,29)/t18-,19-,20+,21+,22-,24+,25-,26-/m1/s1. The molecule has 4 rings (SSSR count). The molecule has 3 aliphatic carbocycles. The highest BCUT2D eigenvalue weighted by molar-refractivity contribution is 5.76. The van der Waals surface area contributed by atoms with Crippen LogP contribution in [-0.2, 0) is 4.79 Å². The maximum atomic E-state index is 12.7. The number of carbonyl (C=O) groups is 1. The molecular formula is C26H46N2O. The fourth-order valence-corrected chi connectivity index (χ4v) is 8.83. The van der Waals surface area contributed by atoms with Crippen LogP contribution in [0, 0.1) is 40.4 Å². The molecule has 3 nitrogen and oxygen atoms in total. The lowest BCUT2D eigenvalue weighted by atomic mass is 9.46. The Morgan fingerprint density at radius 3 is 2.62 bits per heavy atom. The van der Waals surface area contributed by atoms with Crippen LogP contribution >= 0.6 is 0 Å². The van der Waals surface area contributed by atoms with E-state index in [9.17, 15) is 4.79 Å². The molecule has 1 saturated heterocycles. The minimum atomic E-state index is 0.296. The van der Waals surface area contributed by atoms with Crippen molar-refractivity contribution in [2.75, 3.05) is 13.6 Å². The van der Waals surface area contributed by atoms with Crippen molar-refractivity contribution in [3.8, 4) is 0 Å². The van der Waals surface area contributed by atoms with Gasteiger partial charge in [-0.15, -0.1) is 0 Å². The number of nitrogens with one attached hydrogen (secondary N) is 1. The Hall–Kier alpha value is -0.570. The largest absolute Gasteiger partial charge is 0.353 e. The van der Waals surface area contributed by atoms with E-state index in [2.05, 4.69) is 51.9 Å². The summed E-state index contributed by atoms with van der Waals surface area (Å²) in [5.74, 6) is 4.19. The second kappa shape index (κ2) is 7.84. The molecule has 0 aromatic carbocycles. The highest BCUT2D eigenvalue weighted by Gasteiger charge is 2.62. The number of carbonyl (C=O) groups excluding carboxylic acids is 1. The summed E-state index contributed by atoms with van der Waals surface area (Å²) in [7, 11) is 2.37. The Morgan fingerprint density at radius 2 is 1.90 bits per heavy atom. The van der Waals surface area contributed by atoms with Gasteiger partial charge in [-0.2, -0.15) is 0 Å². The molecular weight excluding hydrogens is 356 g/mol. The van der Waals surface area contributed by atoms with E-state index in [0.717, 1.165) is 36.1 Å². The molecule has 4 aliphatic rings. The minimum Gasteiger partial charge on any atom is -0.353 e. The van der Waals surface area contributed by atoms with Gasteiger partial charge in [-0.05, 0) is 105 Å². The van der Waals surface area contributed by atoms with Gasteiger partial charge in [0.2, 0.25) is 5.91 Å². The van der Waals surface area contributed by atoms with Gasteiger partial charge in [0.25, 0.3) is 0 Å². The van der Waals surface area contributed by atoms with Gasteiger partial charge < -0.3 is 10.2 Å². The maximum absolute atomic E-state index is 12.7. The van der Waals surface area contributed by atoms with E-state index >= 15 is 0 Å². The zero-order chi connectivity index (χ0) is 21.0.